The molecule has 0 unspecified atom stereocenters. The Bertz CT molecular complexity index is 338. The van der Waals surface area contributed by atoms with Crippen molar-refractivity contribution >= 4 is 18.2 Å². The molecule has 0 fully saturated rings. The number of hydrogen-bond donors (Lipinski definition) is 2. The third-order valence-corrected chi connectivity index (χ3v) is 1.64. The first kappa shape index (κ1) is 9.19. The fourth-order valence-electron chi connectivity index (χ4n) is 0.940. The van der Waals surface area contributed by atoms with Crippen LogP contribution in [-0.2, 0) is 0 Å². The molecular formula is C10H10N2O. The van der Waals surface area contributed by atoms with E-state index in [9.17, 15) is 4.79 Å². The van der Waals surface area contributed by atoms with Crippen LogP contribution in [0.5, 0.6) is 0 Å². The maximum absolute atomic E-state index is 10.3. The van der Waals surface area contributed by atoms with Gasteiger partial charge in [0.25, 0.3) is 0 Å². The lowest BCUT2D eigenvalue weighted by atomic mass is 10.1. The number of aldehydes is 1. The van der Waals surface area contributed by atoms with Crippen molar-refractivity contribution in [3.8, 4) is 0 Å². The van der Waals surface area contributed by atoms with E-state index in [4.69, 9.17) is 11.1 Å². The number of nitrogens with one attached hydrogen (secondary N) is 1. The molecule has 0 heterocycles. The van der Waals surface area contributed by atoms with Crippen molar-refractivity contribution in [3.63, 3.8) is 0 Å². The molecule has 0 amide bonds. The fraction of sp³-hybridized carbons (Fsp3) is 0. The van der Waals surface area contributed by atoms with E-state index in [1.54, 1.807) is 24.3 Å². The first-order valence-electron chi connectivity index (χ1n) is 3.80. The maximum Gasteiger partial charge on any atom is 0.150 e. The van der Waals surface area contributed by atoms with E-state index >= 15 is 0 Å². The van der Waals surface area contributed by atoms with Crippen molar-refractivity contribution in [2.75, 3.05) is 0 Å². The molecule has 3 N–H and O–H groups in total. The molecule has 1 rings (SSSR count). The highest BCUT2D eigenvalue weighted by Crippen LogP contribution is 2.08. The Labute approximate surface area is 76.4 Å². The minimum absolute atomic E-state index is 0.521. The summed E-state index contributed by atoms with van der Waals surface area (Å²) in [5, 5.41) is 6.82. The SMILES string of the molecule is N=C/C=C(\N)c1ccc(C=O)cc1. The van der Waals surface area contributed by atoms with E-state index in [0.29, 0.717) is 11.3 Å². The zero-order valence-electron chi connectivity index (χ0n) is 7.03. The molecule has 0 aromatic heterocycles. The summed E-state index contributed by atoms with van der Waals surface area (Å²) < 4.78 is 0. The Morgan fingerprint density at radius 3 is 2.38 bits per heavy atom. The molecular weight excluding hydrogens is 164 g/mol. The third-order valence-electron chi connectivity index (χ3n) is 1.64. The number of allylic oxidation sites excluding steroid dienone is 1. The van der Waals surface area contributed by atoms with E-state index in [-0.39, 0.29) is 0 Å². The lowest BCUT2D eigenvalue weighted by molar-refractivity contribution is 0.112. The minimum atomic E-state index is 0.521. The molecule has 0 saturated heterocycles. The van der Waals surface area contributed by atoms with E-state index in [1.807, 2.05) is 0 Å². The lowest BCUT2D eigenvalue weighted by Crippen LogP contribution is -1.96. The molecule has 3 heteroatoms. The monoisotopic (exact) mass is 174 g/mol. The zero-order valence-corrected chi connectivity index (χ0v) is 7.03. The summed E-state index contributed by atoms with van der Waals surface area (Å²) in [6.07, 6.45) is 3.40. The Morgan fingerprint density at radius 1 is 1.31 bits per heavy atom. The molecule has 0 saturated carbocycles. The predicted octanol–water partition coefficient (Wildman–Crippen LogP) is 1.45. The summed E-state index contributed by atoms with van der Waals surface area (Å²) in [6, 6.07) is 6.87. The zero-order chi connectivity index (χ0) is 9.68. The first-order valence-corrected chi connectivity index (χ1v) is 3.80. The van der Waals surface area contributed by atoms with Gasteiger partial charge >= 0.3 is 0 Å². The number of rotatable bonds is 3. The molecule has 0 atom stereocenters. The second-order valence-electron chi connectivity index (χ2n) is 2.53. The van der Waals surface area contributed by atoms with Gasteiger partial charge in [0.2, 0.25) is 0 Å². The Hall–Kier alpha value is -1.90. The average Bonchev–Trinajstić information content (AvgIpc) is 2.18. The van der Waals surface area contributed by atoms with Crippen molar-refractivity contribution in [2.24, 2.45) is 5.73 Å². The van der Waals surface area contributed by atoms with Gasteiger partial charge in [0.15, 0.2) is 0 Å². The Morgan fingerprint density at radius 2 is 1.92 bits per heavy atom. The Balaban J connectivity index is 2.98. The molecule has 3 nitrogen and oxygen atoms in total. The van der Waals surface area contributed by atoms with Crippen LogP contribution in [0.2, 0.25) is 0 Å². The quantitative estimate of drug-likeness (QED) is 0.538. The second-order valence-corrected chi connectivity index (χ2v) is 2.53. The standard InChI is InChI=1S/C10H10N2O/c11-6-5-10(12)9-3-1-8(7-13)2-4-9/h1-7,11H,12H2/b10-5-,11-6?. The molecule has 13 heavy (non-hydrogen) atoms. The largest absolute Gasteiger partial charge is 0.398 e. The van der Waals surface area contributed by atoms with E-state index < -0.39 is 0 Å². The average molecular weight is 174 g/mol. The minimum Gasteiger partial charge on any atom is -0.398 e. The number of hydrogen-bond acceptors (Lipinski definition) is 3. The van der Waals surface area contributed by atoms with Crippen LogP contribution in [0.25, 0.3) is 5.70 Å². The highest BCUT2D eigenvalue weighted by atomic mass is 16.1. The van der Waals surface area contributed by atoms with E-state index in [1.165, 1.54) is 6.08 Å². The molecule has 0 aliphatic heterocycles. The van der Waals surface area contributed by atoms with Crippen LogP contribution < -0.4 is 5.73 Å². The van der Waals surface area contributed by atoms with E-state index in [0.717, 1.165) is 18.1 Å². The molecule has 0 spiro atoms. The van der Waals surface area contributed by atoms with Gasteiger partial charge in [-0.05, 0) is 11.6 Å². The Kier molecular flexibility index (Phi) is 2.97. The third kappa shape index (κ3) is 2.27. The van der Waals surface area contributed by atoms with Gasteiger partial charge in [-0.1, -0.05) is 24.3 Å². The van der Waals surface area contributed by atoms with Gasteiger partial charge in [-0.25, -0.2) is 0 Å². The molecule has 0 bridgehead atoms. The lowest BCUT2D eigenvalue weighted by Gasteiger charge is -1.99. The summed E-state index contributed by atoms with van der Waals surface area (Å²) in [7, 11) is 0. The molecule has 0 aliphatic carbocycles. The summed E-state index contributed by atoms with van der Waals surface area (Å²) in [5.74, 6) is 0. The summed E-state index contributed by atoms with van der Waals surface area (Å²) in [4.78, 5) is 10.3. The van der Waals surface area contributed by atoms with Crippen LogP contribution in [0.4, 0.5) is 0 Å². The number of nitrogens with two attached hydrogens (primary N) is 1. The van der Waals surface area contributed by atoms with Crippen LogP contribution >= 0.6 is 0 Å². The summed E-state index contributed by atoms with van der Waals surface area (Å²) >= 11 is 0. The number of carbonyl (C=O) groups is 1. The molecule has 1 aromatic carbocycles. The highest BCUT2D eigenvalue weighted by molar-refractivity contribution is 5.82. The van der Waals surface area contributed by atoms with Crippen molar-refractivity contribution < 1.29 is 4.79 Å². The van der Waals surface area contributed by atoms with Gasteiger partial charge in [0, 0.05) is 17.5 Å². The van der Waals surface area contributed by atoms with Crippen LogP contribution in [-0.4, -0.2) is 12.5 Å². The summed E-state index contributed by atoms with van der Waals surface area (Å²) in [6.45, 7) is 0. The second kappa shape index (κ2) is 4.21. The van der Waals surface area contributed by atoms with Crippen molar-refractivity contribution in [1.29, 1.82) is 5.41 Å². The van der Waals surface area contributed by atoms with Crippen LogP contribution in [0.1, 0.15) is 15.9 Å². The highest BCUT2D eigenvalue weighted by Gasteiger charge is 1.94. The molecule has 0 aliphatic rings. The van der Waals surface area contributed by atoms with Crippen molar-refractivity contribution in [3.05, 3.63) is 41.5 Å². The normalized spacial score (nSPS) is 10.9. The smallest absolute Gasteiger partial charge is 0.150 e. The first-order chi connectivity index (χ1) is 6.27. The van der Waals surface area contributed by atoms with Crippen LogP contribution in [0, 0.1) is 5.41 Å². The number of carbonyl (C=O) groups excluding carboxylic acids is 1. The van der Waals surface area contributed by atoms with Gasteiger partial charge < -0.3 is 11.1 Å². The van der Waals surface area contributed by atoms with Crippen LogP contribution in [0.3, 0.4) is 0 Å². The molecule has 0 radical (unpaired) electrons. The predicted molar refractivity (Wildman–Crippen MR) is 52.8 cm³/mol. The van der Waals surface area contributed by atoms with E-state index in [2.05, 4.69) is 0 Å². The maximum atomic E-state index is 10.3. The van der Waals surface area contributed by atoms with Crippen molar-refractivity contribution in [2.45, 2.75) is 0 Å². The van der Waals surface area contributed by atoms with Gasteiger partial charge in [0.05, 0.1) is 0 Å². The topological polar surface area (TPSA) is 66.9 Å². The van der Waals surface area contributed by atoms with Gasteiger partial charge in [0.1, 0.15) is 6.29 Å². The summed E-state index contributed by atoms with van der Waals surface area (Å²) in [5.41, 5.74) is 7.57. The van der Waals surface area contributed by atoms with Gasteiger partial charge in [-0.3, -0.25) is 4.79 Å². The van der Waals surface area contributed by atoms with Crippen molar-refractivity contribution in [1.82, 2.24) is 0 Å². The molecule has 66 valence electrons. The number of benzene rings is 1. The van der Waals surface area contributed by atoms with Gasteiger partial charge in [-0.2, -0.15) is 0 Å². The van der Waals surface area contributed by atoms with Crippen LogP contribution in [0.15, 0.2) is 30.3 Å². The van der Waals surface area contributed by atoms with Gasteiger partial charge in [-0.15, -0.1) is 0 Å². The fourth-order valence-corrected chi connectivity index (χ4v) is 0.940. The molecule has 1 aromatic rings.